The van der Waals surface area contributed by atoms with Gasteiger partial charge < -0.3 is 14.8 Å². The summed E-state index contributed by atoms with van der Waals surface area (Å²) in [5, 5.41) is 3.33. The van der Waals surface area contributed by atoms with Crippen LogP contribution in [0, 0.1) is 0 Å². The highest BCUT2D eigenvalue weighted by atomic mass is 16.5. The second kappa shape index (κ2) is 8.90. The molecule has 3 heteroatoms. The minimum Gasteiger partial charge on any atom is -0.381 e. The molecule has 0 aromatic heterocycles. The fraction of sp³-hybridized carbons (Fsp3) is 1.00. The molecular formula is C14H29NO2. The third-order valence-electron chi connectivity index (χ3n) is 3.86. The maximum absolute atomic E-state index is 5.95. The molecule has 0 radical (unpaired) electrons. The Labute approximate surface area is 106 Å². The summed E-state index contributed by atoms with van der Waals surface area (Å²) in [6.07, 6.45) is 9.18. The average Bonchev–Trinajstić information content (AvgIpc) is 2.39. The van der Waals surface area contributed by atoms with Crippen LogP contribution in [-0.4, -0.2) is 39.0 Å². The van der Waals surface area contributed by atoms with Crippen LogP contribution in [0.3, 0.4) is 0 Å². The molecule has 0 saturated heterocycles. The largest absolute Gasteiger partial charge is 0.381 e. The molecule has 17 heavy (non-hydrogen) atoms. The lowest BCUT2D eigenvalue weighted by Gasteiger charge is -2.28. The third-order valence-corrected chi connectivity index (χ3v) is 3.86. The van der Waals surface area contributed by atoms with Gasteiger partial charge in [-0.1, -0.05) is 6.92 Å². The number of ether oxygens (including phenoxy) is 2. The second-order valence-electron chi connectivity index (χ2n) is 5.05. The molecule has 0 bridgehead atoms. The van der Waals surface area contributed by atoms with Gasteiger partial charge in [0.1, 0.15) is 0 Å². The quantitative estimate of drug-likeness (QED) is 0.665. The first-order valence-corrected chi connectivity index (χ1v) is 7.11. The summed E-state index contributed by atoms with van der Waals surface area (Å²) < 4.78 is 11.4. The van der Waals surface area contributed by atoms with Crippen LogP contribution in [0.25, 0.3) is 0 Å². The maximum atomic E-state index is 5.95. The molecule has 1 aliphatic carbocycles. The number of hydrogen-bond acceptors (Lipinski definition) is 3. The molecule has 0 aliphatic heterocycles. The molecule has 1 saturated carbocycles. The first kappa shape index (κ1) is 14.9. The Balaban J connectivity index is 2.05. The van der Waals surface area contributed by atoms with Gasteiger partial charge in [-0.2, -0.15) is 0 Å². The van der Waals surface area contributed by atoms with Gasteiger partial charge in [-0.25, -0.2) is 0 Å². The fourth-order valence-corrected chi connectivity index (χ4v) is 2.60. The molecule has 1 N–H and O–H groups in total. The molecule has 1 aliphatic rings. The molecule has 1 rings (SSSR count). The van der Waals surface area contributed by atoms with Gasteiger partial charge in [-0.05, 0) is 52.0 Å². The van der Waals surface area contributed by atoms with E-state index in [0.29, 0.717) is 18.2 Å². The summed E-state index contributed by atoms with van der Waals surface area (Å²) in [5.41, 5.74) is 0. The van der Waals surface area contributed by atoms with Crippen molar-refractivity contribution in [2.45, 2.75) is 70.1 Å². The summed E-state index contributed by atoms with van der Waals surface area (Å²) in [5.74, 6) is 0. The van der Waals surface area contributed by atoms with Crippen molar-refractivity contribution >= 4 is 0 Å². The zero-order chi connectivity index (χ0) is 12.5. The van der Waals surface area contributed by atoms with Crippen molar-refractivity contribution in [1.82, 2.24) is 5.32 Å². The molecular weight excluding hydrogens is 214 g/mol. The van der Waals surface area contributed by atoms with E-state index >= 15 is 0 Å². The summed E-state index contributed by atoms with van der Waals surface area (Å²) in [6, 6.07) is 0.650. The van der Waals surface area contributed by atoms with Crippen LogP contribution in [0.15, 0.2) is 0 Å². The molecule has 0 heterocycles. The molecule has 3 atom stereocenters. The highest BCUT2D eigenvalue weighted by Crippen LogP contribution is 2.23. The van der Waals surface area contributed by atoms with Gasteiger partial charge in [-0.15, -0.1) is 0 Å². The zero-order valence-electron chi connectivity index (χ0n) is 11.7. The number of methoxy groups -OCH3 is 1. The van der Waals surface area contributed by atoms with E-state index in [1.54, 1.807) is 0 Å². The van der Waals surface area contributed by atoms with E-state index < -0.39 is 0 Å². The smallest absolute Gasteiger partial charge is 0.0599 e. The lowest BCUT2D eigenvalue weighted by Crippen LogP contribution is -2.28. The van der Waals surface area contributed by atoms with E-state index in [1.807, 2.05) is 14.2 Å². The zero-order valence-corrected chi connectivity index (χ0v) is 11.7. The Kier molecular flexibility index (Phi) is 7.82. The van der Waals surface area contributed by atoms with Crippen molar-refractivity contribution in [2.24, 2.45) is 0 Å². The van der Waals surface area contributed by atoms with E-state index in [0.717, 1.165) is 19.4 Å². The van der Waals surface area contributed by atoms with Crippen LogP contribution in [0.2, 0.25) is 0 Å². The Morgan fingerprint density at radius 1 is 1.29 bits per heavy atom. The number of nitrogens with one attached hydrogen (secondary N) is 1. The van der Waals surface area contributed by atoms with Crippen molar-refractivity contribution in [3.05, 3.63) is 0 Å². The van der Waals surface area contributed by atoms with Gasteiger partial charge in [0.15, 0.2) is 0 Å². The van der Waals surface area contributed by atoms with E-state index in [4.69, 9.17) is 9.47 Å². The van der Waals surface area contributed by atoms with Crippen molar-refractivity contribution in [3.63, 3.8) is 0 Å². The number of rotatable bonds is 8. The van der Waals surface area contributed by atoms with Gasteiger partial charge in [0.25, 0.3) is 0 Å². The van der Waals surface area contributed by atoms with Crippen LogP contribution >= 0.6 is 0 Å². The van der Waals surface area contributed by atoms with Crippen LogP contribution in [-0.2, 0) is 9.47 Å². The van der Waals surface area contributed by atoms with Crippen LogP contribution in [0.1, 0.15) is 51.9 Å². The Morgan fingerprint density at radius 2 is 2.06 bits per heavy atom. The third kappa shape index (κ3) is 5.84. The highest BCUT2D eigenvalue weighted by molar-refractivity contribution is 4.73. The molecule has 0 spiro atoms. The lowest BCUT2D eigenvalue weighted by atomic mass is 9.95. The standard InChI is InChI=1S/C14H29NO2/c1-4-12(15-2)7-6-10-17-14-9-5-8-13(11-14)16-3/h12-15H,4-11H2,1-3H3. The second-order valence-corrected chi connectivity index (χ2v) is 5.05. The topological polar surface area (TPSA) is 30.5 Å². The predicted octanol–water partition coefficient (Wildman–Crippen LogP) is 2.74. The molecule has 102 valence electrons. The lowest BCUT2D eigenvalue weighted by molar-refractivity contribution is -0.0306. The van der Waals surface area contributed by atoms with Crippen molar-refractivity contribution in [1.29, 1.82) is 0 Å². The molecule has 0 aromatic rings. The van der Waals surface area contributed by atoms with Crippen molar-refractivity contribution in [3.8, 4) is 0 Å². The highest BCUT2D eigenvalue weighted by Gasteiger charge is 2.21. The summed E-state index contributed by atoms with van der Waals surface area (Å²) in [4.78, 5) is 0. The molecule has 0 aromatic carbocycles. The number of hydrogen-bond donors (Lipinski definition) is 1. The maximum Gasteiger partial charge on any atom is 0.0599 e. The summed E-state index contributed by atoms with van der Waals surface area (Å²) in [6.45, 7) is 3.13. The monoisotopic (exact) mass is 243 g/mol. The first-order valence-electron chi connectivity index (χ1n) is 7.11. The molecule has 1 fully saturated rings. The van der Waals surface area contributed by atoms with Gasteiger partial charge in [0, 0.05) is 19.8 Å². The normalized spacial score (nSPS) is 27.0. The molecule has 3 nitrogen and oxygen atoms in total. The average molecular weight is 243 g/mol. The molecule has 0 amide bonds. The van der Waals surface area contributed by atoms with E-state index in [9.17, 15) is 0 Å². The van der Waals surface area contributed by atoms with Gasteiger partial charge in [-0.3, -0.25) is 0 Å². The van der Waals surface area contributed by atoms with Crippen LogP contribution < -0.4 is 5.32 Å². The van der Waals surface area contributed by atoms with Crippen LogP contribution in [0.5, 0.6) is 0 Å². The summed E-state index contributed by atoms with van der Waals surface area (Å²) >= 11 is 0. The SMILES string of the molecule is CCC(CCCOC1CCCC(OC)C1)NC. The minimum absolute atomic E-state index is 0.425. The van der Waals surface area contributed by atoms with Crippen LogP contribution in [0.4, 0.5) is 0 Å². The Bertz CT molecular complexity index is 183. The first-order chi connectivity index (χ1) is 8.30. The van der Waals surface area contributed by atoms with Gasteiger partial charge in [0.2, 0.25) is 0 Å². The van der Waals surface area contributed by atoms with E-state index in [1.165, 1.54) is 32.1 Å². The Hall–Kier alpha value is -0.120. The Morgan fingerprint density at radius 3 is 2.71 bits per heavy atom. The van der Waals surface area contributed by atoms with Gasteiger partial charge >= 0.3 is 0 Å². The minimum atomic E-state index is 0.425. The molecule has 3 unspecified atom stereocenters. The van der Waals surface area contributed by atoms with Crippen molar-refractivity contribution in [2.75, 3.05) is 20.8 Å². The fourth-order valence-electron chi connectivity index (χ4n) is 2.60. The van der Waals surface area contributed by atoms with E-state index in [2.05, 4.69) is 12.2 Å². The van der Waals surface area contributed by atoms with Gasteiger partial charge in [0.05, 0.1) is 12.2 Å². The van der Waals surface area contributed by atoms with E-state index in [-0.39, 0.29) is 0 Å². The van der Waals surface area contributed by atoms with Crippen molar-refractivity contribution < 1.29 is 9.47 Å². The summed E-state index contributed by atoms with van der Waals surface area (Å²) in [7, 11) is 3.85. The predicted molar refractivity (Wildman–Crippen MR) is 71.4 cm³/mol.